The summed E-state index contributed by atoms with van der Waals surface area (Å²) in [7, 11) is 0. The van der Waals surface area contributed by atoms with Crippen molar-refractivity contribution in [2.24, 2.45) is 5.73 Å². The van der Waals surface area contributed by atoms with Crippen LogP contribution in [0.1, 0.15) is 19.3 Å². The maximum atomic E-state index is 12.2. The molecule has 146 valence electrons. The summed E-state index contributed by atoms with van der Waals surface area (Å²) in [5.74, 6) is -4.78. The Labute approximate surface area is 148 Å². The van der Waals surface area contributed by atoms with Gasteiger partial charge in [0.25, 0.3) is 0 Å². The molecule has 0 aromatic carbocycles. The van der Waals surface area contributed by atoms with E-state index in [1.807, 2.05) is 0 Å². The lowest BCUT2D eigenvalue weighted by Crippen LogP contribution is -2.54. The Morgan fingerprint density at radius 2 is 1.85 bits per heavy atom. The van der Waals surface area contributed by atoms with Gasteiger partial charge in [0.1, 0.15) is 12.1 Å². The van der Waals surface area contributed by atoms with E-state index in [9.17, 15) is 24.0 Å². The van der Waals surface area contributed by atoms with Crippen molar-refractivity contribution in [1.82, 2.24) is 15.5 Å². The van der Waals surface area contributed by atoms with Crippen molar-refractivity contribution in [3.05, 3.63) is 0 Å². The summed E-state index contributed by atoms with van der Waals surface area (Å²) < 4.78 is 0. The Morgan fingerprint density at radius 1 is 1.19 bits per heavy atom. The Kier molecular flexibility index (Phi) is 7.93. The fraction of sp³-hybridized carbons (Fsp3) is 0.643. The molecule has 0 aliphatic carbocycles. The van der Waals surface area contributed by atoms with E-state index in [1.54, 1.807) is 0 Å². The third-order valence-electron chi connectivity index (χ3n) is 3.82. The van der Waals surface area contributed by atoms with Gasteiger partial charge in [-0.05, 0) is 12.8 Å². The number of carbonyl (C=O) groups excluding carboxylic acids is 3. The number of nitrogens with one attached hydrogen (secondary N) is 2. The third kappa shape index (κ3) is 5.97. The molecule has 1 saturated heterocycles. The van der Waals surface area contributed by atoms with Gasteiger partial charge in [0.05, 0.1) is 25.6 Å². The maximum Gasteiger partial charge on any atom is 0.328 e. The standard InChI is InChI=1S/C14H22N4O8/c15-7(4-11(21)22)12(23)16-5-10(20)18-3-1-2-9(18)13(24)17-8(6-19)14(25)26/h7-9,19H,1-6,15H2,(H,16,23)(H,17,24)(H,21,22)(H,25,26). The molecule has 7 N–H and O–H groups in total. The molecule has 3 atom stereocenters. The van der Waals surface area contributed by atoms with E-state index in [0.717, 1.165) is 0 Å². The highest BCUT2D eigenvalue weighted by atomic mass is 16.4. The fourth-order valence-corrected chi connectivity index (χ4v) is 2.47. The van der Waals surface area contributed by atoms with Crippen molar-refractivity contribution in [1.29, 1.82) is 0 Å². The number of nitrogens with zero attached hydrogens (tertiary/aromatic N) is 1. The molecular formula is C14H22N4O8. The Bertz CT molecular complexity index is 581. The van der Waals surface area contributed by atoms with Gasteiger partial charge in [0, 0.05) is 6.54 Å². The second kappa shape index (κ2) is 9.68. The Hall–Kier alpha value is -2.73. The normalized spacial score (nSPS) is 18.7. The number of aliphatic hydroxyl groups is 1. The first kappa shape index (κ1) is 21.3. The molecular weight excluding hydrogens is 352 g/mol. The van der Waals surface area contributed by atoms with Crippen LogP contribution in [0.2, 0.25) is 0 Å². The van der Waals surface area contributed by atoms with Crippen LogP contribution in [0.15, 0.2) is 0 Å². The van der Waals surface area contributed by atoms with Crippen molar-refractivity contribution in [2.75, 3.05) is 19.7 Å². The zero-order chi connectivity index (χ0) is 19.9. The molecule has 0 bridgehead atoms. The third-order valence-corrected chi connectivity index (χ3v) is 3.82. The highest BCUT2D eigenvalue weighted by Gasteiger charge is 2.35. The number of amides is 3. The number of hydrogen-bond acceptors (Lipinski definition) is 7. The molecule has 0 aromatic heterocycles. The van der Waals surface area contributed by atoms with Crippen LogP contribution in [0.3, 0.4) is 0 Å². The average Bonchev–Trinajstić information content (AvgIpc) is 3.05. The largest absolute Gasteiger partial charge is 0.481 e. The van der Waals surface area contributed by atoms with Gasteiger partial charge in [-0.1, -0.05) is 0 Å². The number of nitrogens with two attached hydrogens (primary N) is 1. The molecule has 1 rings (SSSR count). The van der Waals surface area contributed by atoms with E-state index in [2.05, 4.69) is 10.6 Å². The number of carbonyl (C=O) groups is 5. The van der Waals surface area contributed by atoms with Crippen molar-refractivity contribution < 1.29 is 39.3 Å². The smallest absolute Gasteiger partial charge is 0.328 e. The van der Waals surface area contributed by atoms with E-state index in [-0.39, 0.29) is 6.54 Å². The molecule has 3 unspecified atom stereocenters. The van der Waals surface area contributed by atoms with Gasteiger partial charge in [-0.2, -0.15) is 0 Å². The summed E-state index contributed by atoms with van der Waals surface area (Å²) in [5.41, 5.74) is 5.37. The van der Waals surface area contributed by atoms with Crippen LogP contribution in [0.25, 0.3) is 0 Å². The van der Waals surface area contributed by atoms with Gasteiger partial charge < -0.3 is 36.6 Å². The van der Waals surface area contributed by atoms with Crippen LogP contribution in [0, 0.1) is 0 Å². The van der Waals surface area contributed by atoms with Crippen molar-refractivity contribution in [3.8, 4) is 0 Å². The van der Waals surface area contributed by atoms with Gasteiger partial charge in [0.2, 0.25) is 17.7 Å². The van der Waals surface area contributed by atoms with E-state index in [4.69, 9.17) is 21.1 Å². The Morgan fingerprint density at radius 3 is 2.38 bits per heavy atom. The van der Waals surface area contributed by atoms with E-state index < -0.39 is 67.4 Å². The monoisotopic (exact) mass is 374 g/mol. The molecule has 1 heterocycles. The second-order valence-electron chi connectivity index (χ2n) is 5.75. The van der Waals surface area contributed by atoms with Crippen LogP contribution in [0.5, 0.6) is 0 Å². The summed E-state index contributed by atoms with van der Waals surface area (Å²) in [6, 6.07) is -3.70. The highest BCUT2D eigenvalue weighted by molar-refractivity contribution is 5.93. The molecule has 0 radical (unpaired) electrons. The number of aliphatic carboxylic acids is 2. The van der Waals surface area contributed by atoms with Crippen LogP contribution >= 0.6 is 0 Å². The minimum absolute atomic E-state index is 0.241. The minimum Gasteiger partial charge on any atom is -0.481 e. The number of rotatable bonds is 9. The summed E-state index contributed by atoms with van der Waals surface area (Å²) in [6.45, 7) is -1.03. The van der Waals surface area contributed by atoms with E-state index in [1.165, 1.54) is 4.90 Å². The van der Waals surface area contributed by atoms with Crippen molar-refractivity contribution in [3.63, 3.8) is 0 Å². The van der Waals surface area contributed by atoms with Gasteiger partial charge in [0.15, 0.2) is 0 Å². The number of hydrogen-bond donors (Lipinski definition) is 6. The maximum absolute atomic E-state index is 12.2. The summed E-state index contributed by atoms with van der Waals surface area (Å²) in [4.78, 5) is 58.5. The molecule has 12 nitrogen and oxygen atoms in total. The quantitative estimate of drug-likeness (QED) is 0.236. The SMILES string of the molecule is NC(CC(=O)O)C(=O)NCC(=O)N1CCCC1C(=O)NC(CO)C(=O)O. The second-order valence-corrected chi connectivity index (χ2v) is 5.75. The predicted octanol–water partition coefficient (Wildman–Crippen LogP) is -3.54. The van der Waals surface area contributed by atoms with Crippen molar-refractivity contribution >= 4 is 29.7 Å². The first-order valence-corrected chi connectivity index (χ1v) is 7.86. The molecule has 0 spiro atoms. The van der Waals surface area contributed by atoms with E-state index >= 15 is 0 Å². The van der Waals surface area contributed by atoms with Crippen LogP contribution in [-0.4, -0.2) is 87.7 Å². The topological polar surface area (TPSA) is 199 Å². The lowest BCUT2D eigenvalue weighted by molar-refractivity contribution is -0.144. The zero-order valence-corrected chi connectivity index (χ0v) is 13.9. The fourth-order valence-electron chi connectivity index (χ4n) is 2.47. The number of likely N-dealkylation sites (tertiary alicyclic amines) is 1. The summed E-state index contributed by atoms with van der Waals surface area (Å²) >= 11 is 0. The Balaban J connectivity index is 2.59. The van der Waals surface area contributed by atoms with Crippen LogP contribution < -0.4 is 16.4 Å². The average molecular weight is 374 g/mol. The molecule has 1 aliphatic heterocycles. The van der Waals surface area contributed by atoms with Gasteiger partial charge >= 0.3 is 11.9 Å². The highest BCUT2D eigenvalue weighted by Crippen LogP contribution is 2.17. The molecule has 0 aromatic rings. The lowest BCUT2D eigenvalue weighted by atomic mass is 10.2. The summed E-state index contributed by atoms with van der Waals surface area (Å²) in [6.07, 6.45) is 0.224. The molecule has 0 saturated carbocycles. The van der Waals surface area contributed by atoms with Gasteiger partial charge in [-0.3, -0.25) is 19.2 Å². The van der Waals surface area contributed by atoms with Crippen LogP contribution in [0.4, 0.5) is 0 Å². The predicted molar refractivity (Wildman–Crippen MR) is 84.6 cm³/mol. The first-order valence-electron chi connectivity index (χ1n) is 7.86. The molecule has 1 fully saturated rings. The summed E-state index contributed by atoms with van der Waals surface area (Å²) in [5, 5.41) is 30.7. The minimum atomic E-state index is -1.48. The van der Waals surface area contributed by atoms with Gasteiger partial charge in [-0.15, -0.1) is 0 Å². The first-order chi connectivity index (χ1) is 12.2. The van der Waals surface area contributed by atoms with Crippen molar-refractivity contribution in [2.45, 2.75) is 37.4 Å². The molecule has 3 amide bonds. The zero-order valence-electron chi connectivity index (χ0n) is 13.9. The van der Waals surface area contributed by atoms with E-state index in [0.29, 0.717) is 12.8 Å². The van der Waals surface area contributed by atoms with Crippen LogP contribution in [-0.2, 0) is 24.0 Å². The lowest BCUT2D eigenvalue weighted by Gasteiger charge is -2.25. The molecule has 26 heavy (non-hydrogen) atoms. The number of aliphatic hydroxyl groups excluding tert-OH is 1. The van der Waals surface area contributed by atoms with Gasteiger partial charge in [-0.25, -0.2) is 4.79 Å². The molecule has 1 aliphatic rings. The number of carboxylic acid groups (broad SMARTS) is 2. The number of carboxylic acids is 2. The molecule has 12 heteroatoms.